The van der Waals surface area contributed by atoms with Gasteiger partial charge in [0.15, 0.2) is 12.2 Å². The van der Waals surface area contributed by atoms with Gasteiger partial charge in [-0.3, -0.25) is 37.3 Å². The van der Waals surface area contributed by atoms with Gasteiger partial charge in [0.25, 0.3) is 0 Å². The predicted molar refractivity (Wildman–Crippen MR) is 436 cm³/mol. The molecule has 5 atom stereocenters. The Kier molecular flexibility index (Phi) is 74.3. The number of ether oxygens (including phenoxy) is 4. The van der Waals surface area contributed by atoms with E-state index in [1.54, 1.807) is 0 Å². The van der Waals surface area contributed by atoms with Gasteiger partial charge in [0.1, 0.15) is 19.3 Å². The lowest BCUT2D eigenvalue weighted by Crippen LogP contribution is -2.30. The number of carbonyl (C=O) groups is 4. The van der Waals surface area contributed by atoms with Crippen LogP contribution in [0.25, 0.3) is 0 Å². The van der Waals surface area contributed by atoms with Crippen molar-refractivity contribution < 1.29 is 80.2 Å². The Morgan fingerprint density at radius 2 is 0.491 bits per heavy atom. The zero-order valence-electron chi connectivity index (χ0n) is 66.3. The summed E-state index contributed by atoms with van der Waals surface area (Å²) in [4.78, 5) is 73.1. The highest BCUT2D eigenvalue weighted by atomic mass is 31.2. The molecule has 17 nitrogen and oxygen atoms in total. The highest BCUT2D eigenvalue weighted by Gasteiger charge is 2.30. The molecule has 19 heteroatoms. The maximum Gasteiger partial charge on any atom is 0.472 e. The van der Waals surface area contributed by atoms with Gasteiger partial charge in [0, 0.05) is 25.7 Å². The average molecular weight is 1530 g/mol. The molecule has 5 unspecified atom stereocenters. The smallest absolute Gasteiger partial charge is 0.462 e. The van der Waals surface area contributed by atoms with Crippen molar-refractivity contribution in [2.75, 3.05) is 39.6 Å². The number of aliphatic hydroxyl groups excluding tert-OH is 1. The maximum absolute atomic E-state index is 13.1. The summed E-state index contributed by atoms with van der Waals surface area (Å²) in [6.45, 7) is 4.53. The van der Waals surface area contributed by atoms with Gasteiger partial charge in [-0.05, 0) is 167 Å². The quantitative estimate of drug-likeness (QED) is 0.0169. The van der Waals surface area contributed by atoms with Crippen molar-refractivity contribution in [3.63, 3.8) is 0 Å². The molecule has 0 aliphatic heterocycles. The zero-order valence-corrected chi connectivity index (χ0v) is 68.1. The first-order chi connectivity index (χ1) is 51.7. The fraction of sp³-hybridized carbons (Fsp3) is 0.678. The first-order valence-electron chi connectivity index (χ1n) is 41.1. The number of rotatable bonds is 76. The third-order valence-corrected chi connectivity index (χ3v) is 18.7. The van der Waals surface area contributed by atoms with E-state index in [1.165, 1.54) is 38.5 Å². The molecule has 0 heterocycles. The number of aliphatic hydroxyl groups is 1. The minimum atomic E-state index is -4.99. The molecule has 606 valence electrons. The molecule has 0 amide bonds. The molecule has 106 heavy (non-hydrogen) atoms. The van der Waals surface area contributed by atoms with Crippen LogP contribution in [0, 0.1) is 0 Å². The van der Waals surface area contributed by atoms with Crippen molar-refractivity contribution in [2.24, 2.45) is 0 Å². The monoisotopic (exact) mass is 1530 g/mol. The molecule has 0 fully saturated rings. The summed E-state index contributed by atoms with van der Waals surface area (Å²) in [6.07, 6.45) is 89.5. The molecule has 0 aromatic carbocycles. The van der Waals surface area contributed by atoms with Crippen LogP contribution in [0.2, 0.25) is 0 Å². The minimum Gasteiger partial charge on any atom is -0.462 e. The summed E-state index contributed by atoms with van der Waals surface area (Å²) < 4.78 is 68.7. The van der Waals surface area contributed by atoms with Crippen LogP contribution in [-0.4, -0.2) is 96.7 Å². The largest absolute Gasteiger partial charge is 0.472 e. The number of allylic oxidation sites excluding steroid dienone is 24. The Labute approximate surface area is 643 Å². The van der Waals surface area contributed by atoms with E-state index >= 15 is 0 Å². The number of phosphoric acid groups is 2. The van der Waals surface area contributed by atoms with Crippen LogP contribution < -0.4 is 0 Å². The Hall–Kier alpha value is -5.06. The number of carbonyl (C=O) groups excluding carboxylic acids is 4. The van der Waals surface area contributed by atoms with Crippen LogP contribution >= 0.6 is 15.6 Å². The minimum absolute atomic E-state index is 0.0680. The number of hydrogen-bond acceptors (Lipinski definition) is 15. The Morgan fingerprint density at radius 1 is 0.274 bits per heavy atom. The number of unbranched alkanes of at least 4 members (excludes halogenated alkanes) is 26. The van der Waals surface area contributed by atoms with E-state index in [1.807, 2.05) is 0 Å². The molecule has 0 saturated heterocycles. The van der Waals surface area contributed by atoms with Crippen LogP contribution in [0.1, 0.15) is 323 Å². The molecule has 0 saturated carbocycles. The average Bonchev–Trinajstić information content (AvgIpc) is 0.928. The van der Waals surface area contributed by atoms with E-state index in [4.69, 9.17) is 37.0 Å². The van der Waals surface area contributed by atoms with Gasteiger partial charge in [-0.15, -0.1) is 0 Å². The fourth-order valence-electron chi connectivity index (χ4n) is 10.6. The third-order valence-electron chi connectivity index (χ3n) is 16.8. The van der Waals surface area contributed by atoms with Gasteiger partial charge in [0.05, 0.1) is 26.4 Å². The fourth-order valence-corrected chi connectivity index (χ4v) is 12.1. The third kappa shape index (κ3) is 77.1. The van der Waals surface area contributed by atoms with E-state index in [9.17, 15) is 43.2 Å². The van der Waals surface area contributed by atoms with Crippen LogP contribution in [0.15, 0.2) is 146 Å². The summed E-state index contributed by atoms with van der Waals surface area (Å²) in [5.41, 5.74) is 0. The SMILES string of the molecule is CC/C=C\C/C=C\C/C=C\C/C=C\CCCCCCC(=O)OCC(COP(=O)(O)OCC(O)COP(=O)(O)OCC(COC(=O)CCCCCCCC/C=C\C/C=C\C/C=C\CCCCC)OC(=O)CCCCCCC/C=C\C/C=C\C/C=C\CC)OC(=O)CCCCCCC/C=C\C/C=C\CCCCC. The summed E-state index contributed by atoms with van der Waals surface area (Å²) in [5.74, 6) is -2.25. The van der Waals surface area contributed by atoms with Crippen molar-refractivity contribution in [3.8, 4) is 0 Å². The normalized spacial score (nSPS) is 14.6. The summed E-state index contributed by atoms with van der Waals surface area (Å²) in [6, 6.07) is 0. The predicted octanol–water partition coefficient (Wildman–Crippen LogP) is 24.2. The molecule has 0 spiro atoms. The molecule has 0 bridgehead atoms. The highest BCUT2D eigenvalue weighted by molar-refractivity contribution is 7.47. The first kappa shape index (κ1) is 101. The zero-order chi connectivity index (χ0) is 77.4. The molecule has 0 aliphatic carbocycles. The van der Waals surface area contributed by atoms with Gasteiger partial charge < -0.3 is 33.8 Å². The lowest BCUT2D eigenvalue weighted by Gasteiger charge is -2.21. The van der Waals surface area contributed by atoms with Gasteiger partial charge in [-0.2, -0.15) is 0 Å². The molecule has 0 rings (SSSR count). The molecule has 0 radical (unpaired) electrons. The molecule has 0 aliphatic rings. The van der Waals surface area contributed by atoms with Crippen molar-refractivity contribution in [1.82, 2.24) is 0 Å². The Morgan fingerprint density at radius 3 is 0.755 bits per heavy atom. The van der Waals surface area contributed by atoms with Crippen molar-refractivity contribution in [2.45, 2.75) is 341 Å². The van der Waals surface area contributed by atoms with Crippen LogP contribution in [0.5, 0.6) is 0 Å². The van der Waals surface area contributed by atoms with Crippen LogP contribution in [0.4, 0.5) is 0 Å². The van der Waals surface area contributed by atoms with E-state index in [2.05, 4.69) is 174 Å². The molecule has 0 aromatic heterocycles. The standard InChI is InChI=1S/C87H146O17P2/c1-5-9-13-17-21-25-29-33-37-39-40-42-46-48-52-56-60-64-68-72-85(90)98-78-83(104-87(92)74-70-66-62-58-54-50-44-36-32-28-24-20-16-12-8-4)80-102-106(95,96)100-76-81(88)75-99-105(93,94)101-79-82(103-86(91)73-69-65-61-57-53-49-43-35-31-27-23-19-15-11-7-3)77-97-84(89)71-67-63-59-55-51-47-45-41-38-34-30-26-22-18-14-10-6-2/h10,12,14,16,21-28,33-38,40,42-45,47,81-83,88H,5-9,11,13,15,17-20,29-32,39,41,46,48-80H2,1-4H3,(H,93,94)(H,95,96)/b14-10-,16-12-,25-21-,26-22-,27-23-,28-24-,37-33-,38-34-,42-40-,43-35-,44-36-,47-45-. The van der Waals surface area contributed by atoms with Gasteiger partial charge in [-0.1, -0.05) is 276 Å². The Balaban J connectivity index is 5.42. The lowest BCUT2D eigenvalue weighted by atomic mass is 10.1. The second kappa shape index (κ2) is 78.1. The number of hydrogen-bond donors (Lipinski definition) is 3. The molecular weight excluding hydrogens is 1380 g/mol. The number of esters is 4. The van der Waals surface area contributed by atoms with Gasteiger partial charge in [-0.25, -0.2) is 9.13 Å². The molecular formula is C87H146O17P2. The van der Waals surface area contributed by atoms with E-state index in [-0.39, 0.29) is 25.7 Å². The maximum atomic E-state index is 13.1. The van der Waals surface area contributed by atoms with Gasteiger partial charge in [0.2, 0.25) is 0 Å². The van der Waals surface area contributed by atoms with Crippen molar-refractivity contribution in [3.05, 3.63) is 146 Å². The number of phosphoric ester groups is 2. The topological polar surface area (TPSA) is 237 Å². The van der Waals surface area contributed by atoms with Crippen molar-refractivity contribution >= 4 is 39.5 Å². The summed E-state index contributed by atoms with van der Waals surface area (Å²) >= 11 is 0. The van der Waals surface area contributed by atoms with Crippen molar-refractivity contribution in [1.29, 1.82) is 0 Å². The van der Waals surface area contributed by atoms with E-state index in [0.29, 0.717) is 25.7 Å². The molecule has 0 aromatic rings. The first-order valence-corrected chi connectivity index (χ1v) is 44.1. The van der Waals surface area contributed by atoms with Crippen LogP contribution in [0.3, 0.4) is 0 Å². The molecule has 3 N–H and O–H groups in total. The van der Waals surface area contributed by atoms with Crippen LogP contribution in [-0.2, 0) is 65.4 Å². The van der Waals surface area contributed by atoms with Gasteiger partial charge >= 0.3 is 39.5 Å². The summed E-state index contributed by atoms with van der Waals surface area (Å²) in [5, 5.41) is 10.7. The highest BCUT2D eigenvalue weighted by Crippen LogP contribution is 2.45. The lowest BCUT2D eigenvalue weighted by molar-refractivity contribution is -0.161. The second-order valence-electron chi connectivity index (χ2n) is 26.9. The Bertz CT molecular complexity index is 2580. The second-order valence-corrected chi connectivity index (χ2v) is 29.8. The summed E-state index contributed by atoms with van der Waals surface area (Å²) in [7, 11) is -9.99. The van der Waals surface area contributed by atoms with E-state index in [0.717, 1.165) is 205 Å². The van der Waals surface area contributed by atoms with E-state index < -0.39 is 97.5 Å².